The number of carboxylic acid groups (broad SMARTS) is 1. The van der Waals surface area contributed by atoms with Gasteiger partial charge in [-0.1, -0.05) is 16.5 Å². The number of β-lactam (4-membered cyclic amide) rings is 1. The number of hydrogen-bond donors (Lipinski definition) is 3. The molecular weight excluding hydrogens is 563 g/mol. The first-order valence-electron chi connectivity index (χ1n) is 10.9. The van der Waals surface area contributed by atoms with Crippen molar-refractivity contribution in [3.05, 3.63) is 40.7 Å². The van der Waals surface area contributed by atoms with Crippen molar-refractivity contribution >= 4 is 68.1 Å². The third-order valence-corrected chi connectivity index (χ3v) is 8.47. The van der Waals surface area contributed by atoms with Gasteiger partial charge in [-0.2, -0.15) is 13.8 Å². The second-order valence-electron chi connectivity index (χ2n) is 8.03. The van der Waals surface area contributed by atoms with Gasteiger partial charge in [0.05, 0.1) is 11.7 Å². The topological polar surface area (TPSA) is 191 Å². The minimum atomic E-state index is -1.51. The molecule has 0 bridgehead atoms. The highest BCUT2D eigenvalue weighted by Gasteiger charge is 2.53. The van der Waals surface area contributed by atoms with Crippen molar-refractivity contribution in [2.24, 2.45) is 5.16 Å². The molecule has 14 nitrogen and oxygen atoms in total. The largest absolute Gasteiger partial charge is 0.543 e. The number of aliphatic carboxylic acids is 1. The zero-order valence-corrected chi connectivity index (χ0v) is 21.7. The number of aromatic nitrogens is 4. The van der Waals surface area contributed by atoms with Gasteiger partial charge >= 0.3 is 0 Å². The molecule has 5 heterocycles. The second-order valence-corrected chi connectivity index (χ2v) is 10.8. The first-order chi connectivity index (χ1) is 18.3. The maximum atomic E-state index is 13.0. The average Bonchev–Trinajstić information content (AvgIpc) is 3.60. The highest BCUT2D eigenvalue weighted by molar-refractivity contribution is 8.00. The molecule has 0 aromatic carbocycles. The summed E-state index contributed by atoms with van der Waals surface area (Å²) in [5.41, 5.74) is 6.08. The van der Waals surface area contributed by atoms with Crippen molar-refractivity contribution in [1.29, 1.82) is 0 Å². The van der Waals surface area contributed by atoms with Crippen LogP contribution in [0.4, 0.5) is 9.52 Å². The fourth-order valence-electron chi connectivity index (χ4n) is 4.01. The van der Waals surface area contributed by atoms with E-state index in [1.165, 1.54) is 23.1 Å². The number of imidazole rings is 1. The summed E-state index contributed by atoms with van der Waals surface area (Å²) in [4.78, 5) is 48.6. The number of carboxylic acids is 1. The molecule has 0 radical (unpaired) electrons. The summed E-state index contributed by atoms with van der Waals surface area (Å²) >= 11 is 3.52. The number of nitrogens with two attached hydrogens (primary N) is 1. The molecule has 3 aromatic heterocycles. The number of aliphatic hydroxyl groups excluding tert-OH is 1. The Bertz CT molecular complexity index is 1480. The van der Waals surface area contributed by atoms with Crippen LogP contribution in [0.25, 0.3) is 4.83 Å². The molecule has 38 heavy (non-hydrogen) atoms. The number of aliphatic hydroxyl groups is 1. The molecule has 18 heteroatoms. The average molecular weight is 583 g/mol. The summed E-state index contributed by atoms with van der Waals surface area (Å²) < 4.78 is 19.9. The molecule has 0 aliphatic carbocycles. The number of nitrogens with zero attached hydrogens (tertiary/aromatic N) is 6. The number of nitrogens with one attached hydrogen (secondary N) is 1. The van der Waals surface area contributed by atoms with E-state index in [2.05, 4.69) is 19.8 Å². The van der Waals surface area contributed by atoms with Gasteiger partial charge in [-0.3, -0.25) is 14.5 Å². The van der Waals surface area contributed by atoms with Crippen molar-refractivity contribution in [2.75, 3.05) is 24.8 Å². The number of nitrogen functional groups attached to an aromatic ring is 1. The number of carbonyl (C=O) groups excluding carboxylic acids is 3. The lowest BCUT2D eigenvalue weighted by atomic mass is 10.0. The van der Waals surface area contributed by atoms with E-state index in [9.17, 15) is 29.0 Å². The van der Waals surface area contributed by atoms with Crippen LogP contribution in [0.2, 0.25) is 0 Å². The summed E-state index contributed by atoms with van der Waals surface area (Å²) in [5.74, 6) is -2.92. The minimum Gasteiger partial charge on any atom is -0.543 e. The Hall–Kier alpha value is -3.61. The predicted octanol–water partition coefficient (Wildman–Crippen LogP) is -1.99. The molecule has 1 saturated heterocycles. The molecule has 2 aliphatic heterocycles. The number of rotatable bonds is 10. The molecule has 1 fully saturated rings. The normalized spacial score (nSPS) is 19.5. The second kappa shape index (κ2) is 10.6. The van der Waals surface area contributed by atoms with Crippen LogP contribution < -0.4 is 20.7 Å². The van der Waals surface area contributed by atoms with Gasteiger partial charge in [-0.25, -0.2) is 8.96 Å². The van der Waals surface area contributed by atoms with Crippen molar-refractivity contribution in [3.8, 4) is 0 Å². The Kier molecular flexibility index (Phi) is 7.28. The monoisotopic (exact) mass is 582 g/mol. The Labute approximate surface area is 225 Å². The molecule has 2 aliphatic rings. The van der Waals surface area contributed by atoms with Gasteiger partial charge in [0, 0.05) is 28.2 Å². The van der Waals surface area contributed by atoms with Crippen molar-refractivity contribution in [2.45, 2.75) is 24.6 Å². The smallest absolute Gasteiger partial charge is 0.278 e. The van der Waals surface area contributed by atoms with Crippen LogP contribution in [0.1, 0.15) is 11.5 Å². The SMILES string of the molecule is Nc1nc(/C(=N/OCCF)C(=O)N[C@@H]2C(=O)N3C(C(=O)[O-])=C(C[n+]4cc5scc(CO)n5c4)CS[C@H]23)ns1. The first-order valence-corrected chi connectivity index (χ1v) is 13.6. The first kappa shape index (κ1) is 26.0. The van der Waals surface area contributed by atoms with Crippen LogP contribution in [0, 0.1) is 0 Å². The third-order valence-electron chi connectivity index (χ3n) is 5.66. The van der Waals surface area contributed by atoms with Gasteiger partial charge < -0.3 is 30.9 Å². The summed E-state index contributed by atoms with van der Waals surface area (Å²) in [5, 5.41) is 28.8. The van der Waals surface area contributed by atoms with Crippen molar-refractivity contribution in [1.82, 2.24) is 24.0 Å². The molecule has 5 rings (SSSR count). The Balaban J connectivity index is 1.34. The van der Waals surface area contributed by atoms with Gasteiger partial charge in [0.2, 0.25) is 22.7 Å². The number of oxime groups is 1. The summed E-state index contributed by atoms with van der Waals surface area (Å²) in [6, 6.07) is -1.06. The molecule has 0 spiro atoms. The molecule has 3 aromatic rings. The molecule has 0 saturated carbocycles. The number of halogens is 1. The van der Waals surface area contributed by atoms with E-state index >= 15 is 0 Å². The van der Waals surface area contributed by atoms with Gasteiger partial charge in [0.25, 0.3) is 11.8 Å². The van der Waals surface area contributed by atoms with E-state index in [1.54, 1.807) is 15.3 Å². The Morgan fingerprint density at radius 2 is 2.26 bits per heavy atom. The highest BCUT2D eigenvalue weighted by atomic mass is 32.2. The molecule has 200 valence electrons. The van der Waals surface area contributed by atoms with E-state index in [0.29, 0.717) is 11.3 Å². The van der Waals surface area contributed by atoms with Gasteiger partial charge in [-0.05, 0) is 0 Å². The fraction of sp³-hybridized carbons (Fsp3) is 0.350. The van der Waals surface area contributed by atoms with E-state index < -0.39 is 48.2 Å². The number of alkyl halides is 1. The lowest BCUT2D eigenvalue weighted by Gasteiger charge is -2.50. The maximum absolute atomic E-state index is 13.0. The van der Waals surface area contributed by atoms with E-state index in [0.717, 1.165) is 21.3 Å². The molecule has 4 N–H and O–H groups in total. The summed E-state index contributed by atoms with van der Waals surface area (Å²) in [7, 11) is 0. The molecule has 0 unspecified atom stereocenters. The van der Waals surface area contributed by atoms with E-state index in [-0.39, 0.29) is 35.6 Å². The van der Waals surface area contributed by atoms with Crippen LogP contribution in [0.15, 0.2) is 34.3 Å². The number of fused-ring (bicyclic) bond motifs is 2. The van der Waals surface area contributed by atoms with Crippen molar-refractivity contribution < 1.29 is 38.4 Å². The number of amides is 2. The zero-order chi connectivity index (χ0) is 27.0. The summed E-state index contributed by atoms with van der Waals surface area (Å²) in [6.07, 6.45) is 3.55. The predicted molar refractivity (Wildman–Crippen MR) is 131 cm³/mol. The minimum absolute atomic E-state index is 0.0597. The number of thiazole rings is 1. The third kappa shape index (κ3) is 4.70. The number of anilines is 1. The standard InChI is InChI=1S/C20H19FN8O6S3/c21-1-2-35-25-12(15-24-20(22)38-26-15)16(31)23-13-17(32)29-14(19(33)34)9(6-37-18(13)29)3-27-4-11-28(8-27)10(5-30)7-36-11/h4,7-8,13,18,30H,1-3,5-6H2,(H3-,22,23,24,26,31,33,34)/b25-12-/t13-,18-/m1/s1. The van der Waals surface area contributed by atoms with Crippen LogP contribution >= 0.6 is 34.6 Å². The number of thioether (sulfide) groups is 1. The van der Waals surface area contributed by atoms with Crippen LogP contribution in [0.5, 0.6) is 0 Å². The summed E-state index contributed by atoms with van der Waals surface area (Å²) in [6.45, 7) is -1.21. The van der Waals surface area contributed by atoms with E-state index in [1.807, 2.05) is 11.6 Å². The quantitative estimate of drug-likeness (QED) is 0.0793. The molecular formula is C20H19FN8O6S3. The van der Waals surface area contributed by atoms with Gasteiger partial charge in [-0.15, -0.1) is 11.8 Å². The Morgan fingerprint density at radius 3 is 2.95 bits per heavy atom. The fourth-order valence-corrected chi connectivity index (χ4v) is 6.70. The highest BCUT2D eigenvalue weighted by Crippen LogP contribution is 2.40. The van der Waals surface area contributed by atoms with Crippen LogP contribution in [0.3, 0.4) is 0 Å². The Morgan fingerprint density at radius 1 is 1.45 bits per heavy atom. The maximum Gasteiger partial charge on any atom is 0.278 e. The van der Waals surface area contributed by atoms with Gasteiger partial charge in [0.1, 0.15) is 49.7 Å². The zero-order valence-electron chi connectivity index (χ0n) is 19.3. The molecule has 2 amide bonds. The van der Waals surface area contributed by atoms with Crippen LogP contribution in [-0.4, -0.2) is 77.7 Å². The molecule has 2 atom stereocenters. The lowest BCUT2D eigenvalue weighted by molar-refractivity contribution is -0.687. The number of hydrogen-bond acceptors (Lipinski definition) is 13. The van der Waals surface area contributed by atoms with Crippen LogP contribution in [-0.2, 0) is 32.4 Å². The lowest BCUT2D eigenvalue weighted by Crippen LogP contribution is -2.71. The number of carbonyl (C=O) groups is 3. The van der Waals surface area contributed by atoms with Crippen molar-refractivity contribution in [3.63, 3.8) is 0 Å². The van der Waals surface area contributed by atoms with Gasteiger partial charge in [0.15, 0.2) is 5.13 Å². The van der Waals surface area contributed by atoms with E-state index in [4.69, 9.17) is 10.6 Å².